The van der Waals surface area contributed by atoms with E-state index < -0.39 is 0 Å². The van der Waals surface area contributed by atoms with Crippen LogP contribution in [-0.4, -0.2) is 30.4 Å². The van der Waals surface area contributed by atoms with Gasteiger partial charge >= 0.3 is 0 Å². The van der Waals surface area contributed by atoms with E-state index in [-0.39, 0.29) is 11.8 Å². The number of methoxy groups -OCH3 is 1. The van der Waals surface area contributed by atoms with E-state index >= 15 is 0 Å². The summed E-state index contributed by atoms with van der Waals surface area (Å²) < 4.78 is 5.16. The van der Waals surface area contributed by atoms with Gasteiger partial charge in [-0.05, 0) is 42.3 Å². The summed E-state index contributed by atoms with van der Waals surface area (Å²) in [5, 5.41) is 2.74. The average molecular weight is 340 g/mol. The average Bonchev–Trinajstić information content (AvgIpc) is 2.64. The van der Waals surface area contributed by atoms with Gasteiger partial charge in [0.25, 0.3) is 5.91 Å². The molecule has 0 atom stereocenters. The van der Waals surface area contributed by atoms with Crippen LogP contribution in [-0.2, 0) is 17.9 Å². The van der Waals surface area contributed by atoms with Crippen molar-refractivity contribution in [3.05, 3.63) is 65.2 Å². The molecule has 0 unspecified atom stereocenters. The molecule has 2 amide bonds. The number of carbonyl (C=O) groups is 2. The maximum absolute atomic E-state index is 12.7. The molecule has 0 bridgehead atoms. The van der Waals surface area contributed by atoms with E-state index in [4.69, 9.17) is 4.74 Å². The van der Waals surface area contributed by atoms with Gasteiger partial charge < -0.3 is 15.0 Å². The van der Waals surface area contributed by atoms with E-state index in [9.17, 15) is 9.59 Å². The van der Waals surface area contributed by atoms with Crippen LogP contribution in [0, 0.1) is 0 Å². The van der Waals surface area contributed by atoms with Gasteiger partial charge in [0.2, 0.25) is 5.91 Å². The first kappa shape index (κ1) is 18.5. The number of hydrogen-bond acceptors (Lipinski definition) is 3. The predicted molar refractivity (Wildman–Crippen MR) is 97.4 cm³/mol. The van der Waals surface area contributed by atoms with Crippen molar-refractivity contribution >= 4 is 11.8 Å². The lowest BCUT2D eigenvalue weighted by molar-refractivity contribution is -0.119. The minimum Gasteiger partial charge on any atom is -0.497 e. The summed E-state index contributed by atoms with van der Waals surface area (Å²) in [5.74, 6) is 0.717. The Morgan fingerprint density at radius 3 is 2.12 bits per heavy atom. The molecule has 25 heavy (non-hydrogen) atoms. The van der Waals surface area contributed by atoms with Crippen molar-refractivity contribution < 1.29 is 14.3 Å². The van der Waals surface area contributed by atoms with Crippen molar-refractivity contribution in [3.63, 3.8) is 0 Å². The molecule has 0 aliphatic rings. The SMILES string of the molecule is CCN(Cc1ccc(OC)cc1)C(=O)c1ccc(CNC(C)=O)cc1. The fraction of sp³-hybridized carbons (Fsp3) is 0.300. The molecule has 0 aliphatic heterocycles. The number of nitrogens with one attached hydrogen (secondary N) is 1. The first-order chi connectivity index (χ1) is 12.0. The third kappa shape index (κ3) is 5.35. The fourth-order valence-corrected chi connectivity index (χ4v) is 2.45. The highest BCUT2D eigenvalue weighted by atomic mass is 16.5. The van der Waals surface area contributed by atoms with Gasteiger partial charge in [-0.25, -0.2) is 0 Å². The van der Waals surface area contributed by atoms with Crippen LogP contribution in [0.2, 0.25) is 0 Å². The van der Waals surface area contributed by atoms with Gasteiger partial charge in [0.05, 0.1) is 7.11 Å². The topological polar surface area (TPSA) is 58.6 Å². The summed E-state index contributed by atoms with van der Waals surface area (Å²) >= 11 is 0. The van der Waals surface area contributed by atoms with Crippen LogP contribution in [0.3, 0.4) is 0 Å². The summed E-state index contributed by atoms with van der Waals surface area (Å²) in [4.78, 5) is 25.5. The third-order valence-electron chi connectivity index (χ3n) is 3.94. The molecule has 1 N–H and O–H groups in total. The second kappa shape index (κ2) is 8.87. The van der Waals surface area contributed by atoms with Crippen LogP contribution < -0.4 is 10.1 Å². The molecule has 0 aliphatic carbocycles. The highest BCUT2D eigenvalue weighted by molar-refractivity contribution is 5.94. The zero-order chi connectivity index (χ0) is 18.2. The molecule has 5 nitrogen and oxygen atoms in total. The molecule has 2 aromatic rings. The Balaban J connectivity index is 2.03. The fourth-order valence-electron chi connectivity index (χ4n) is 2.45. The van der Waals surface area contributed by atoms with Crippen LogP contribution >= 0.6 is 0 Å². The van der Waals surface area contributed by atoms with Gasteiger partial charge in [0.1, 0.15) is 5.75 Å². The second-order valence-electron chi connectivity index (χ2n) is 5.77. The molecule has 0 saturated carbocycles. The number of nitrogens with zero attached hydrogens (tertiary/aromatic N) is 1. The summed E-state index contributed by atoms with van der Waals surface area (Å²) in [6, 6.07) is 15.0. The van der Waals surface area contributed by atoms with Crippen molar-refractivity contribution in [2.45, 2.75) is 26.9 Å². The summed E-state index contributed by atoms with van der Waals surface area (Å²) in [6.07, 6.45) is 0. The Hall–Kier alpha value is -2.82. The number of carbonyl (C=O) groups excluding carboxylic acids is 2. The highest BCUT2D eigenvalue weighted by Crippen LogP contribution is 2.15. The Morgan fingerprint density at radius 1 is 1.00 bits per heavy atom. The van der Waals surface area contributed by atoms with Crippen molar-refractivity contribution in [2.75, 3.05) is 13.7 Å². The number of hydrogen-bond donors (Lipinski definition) is 1. The van der Waals surface area contributed by atoms with Gasteiger partial charge in [-0.15, -0.1) is 0 Å². The summed E-state index contributed by atoms with van der Waals surface area (Å²) in [7, 11) is 1.63. The molecule has 0 aromatic heterocycles. The monoisotopic (exact) mass is 340 g/mol. The molecule has 5 heteroatoms. The third-order valence-corrected chi connectivity index (χ3v) is 3.94. The molecule has 0 spiro atoms. The van der Waals surface area contributed by atoms with Gasteiger partial charge in [-0.2, -0.15) is 0 Å². The van der Waals surface area contributed by atoms with E-state index in [1.165, 1.54) is 6.92 Å². The molecule has 0 heterocycles. The van der Waals surface area contributed by atoms with Crippen LogP contribution in [0.15, 0.2) is 48.5 Å². The minimum absolute atomic E-state index is 0.00982. The standard InChI is InChI=1S/C20H24N2O3/c1-4-22(14-17-7-11-19(25-3)12-8-17)20(24)18-9-5-16(6-10-18)13-21-15(2)23/h5-12H,4,13-14H2,1-3H3,(H,21,23). The van der Waals surface area contributed by atoms with Gasteiger partial charge in [0, 0.05) is 32.1 Å². The Bertz CT molecular complexity index is 709. The van der Waals surface area contributed by atoms with E-state index in [1.807, 2.05) is 43.3 Å². The number of ether oxygens (including phenoxy) is 1. The Labute approximate surface area is 148 Å². The number of amides is 2. The Morgan fingerprint density at radius 2 is 1.60 bits per heavy atom. The van der Waals surface area contributed by atoms with E-state index in [2.05, 4.69) is 5.32 Å². The number of rotatable bonds is 7. The first-order valence-electron chi connectivity index (χ1n) is 8.29. The second-order valence-corrected chi connectivity index (χ2v) is 5.77. The van der Waals surface area contributed by atoms with Crippen LogP contribution in [0.4, 0.5) is 0 Å². The van der Waals surface area contributed by atoms with Crippen molar-refractivity contribution in [3.8, 4) is 5.75 Å². The van der Waals surface area contributed by atoms with Crippen molar-refractivity contribution in [2.24, 2.45) is 0 Å². The quantitative estimate of drug-likeness (QED) is 0.843. The lowest BCUT2D eigenvalue weighted by Crippen LogP contribution is -2.30. The highest BCUT2D eigenvalue weighted by Gasteiger charge is 2.14. The zero-order valence-corrected chi connectivity index (χ0v) is 14.9. The van der Waals surface area contributed by atoms with Gasteiger partial charge in [-0.1, -0.05) is 24.3 Å². The molecule has 2 rings (SSSR count). The smallest absolute Gasteiger partial charge is 0.254 e. The number of benzene rings is 2. The normalized spacial score (nSPS) is 10.2. The summed E-state index contributed by atoms with van der Waals surface area (Å²) in [6.45, 7) is 5.08. The van der Waals surface area contributed by atoms with Crippen LogP contribution in [0.25, 0.3) is 0 Å². The van der Waals surface area contributed by atoms with Gasteiger partial charge in [-0.3, -0.25) is 9.59 Å². The predicted octanol–water partition coefficient (Wildman–Crippen LogP) is 2.99. The minimum atomic E-state index is -0.0724. The lowest BCUT2D eigenvalue weighted by atomic mass is 10.1. The van der Waals surface area contributed by atoms with E-state index in [0.717, 1.165) is 16.9 Å². The van der Waals surface area contributed by atoms with E-state index in [0.29, 0.717) is 25.2 Å². The lowest BCUT2D eigenvalue weighted by Gasteiger charge is -2.21. The zero-order valence-electron chi connectivity index (χ0n) is 14.9. The van der Waals surface area contributed by atoms with Crippen molar-refractivity contribution in [1.82, 2.24) is 10.2 Å². The Kier molecular flexibility index (Phi) is 6.57. The van der Waals surface area contributed by atoms with E-state index in [1.54, 1.807) is 24.1 Å². The van der Waals surface area contributed by atoms with Crippen LogP contribution in [0.5, 0.6) is 5.75 Å². The van der Waals surface area contributed by atoms with Crippen LogP contribution in [0.1, 0.15) is 35.3 Å². The maximum Gasteiger partial charge on any atom is 0.254 e. The molecule has 0 fully saturated rings. The molecular weight excluding hydrogens is 316 g/mol. The molecule has 132 valence electrons. The summed E-state index contributed by atoms with van der Waals surface area (Å²) in [5.41, 5.74) is 2.66. The molecule has 2 aromatic carbocycles. The van der Waals surface area contributed by atoms with Gasteiger partial charge in [0.15, 0.2) is 0 Å². The first-order valence-corrected chi connectivity index (χ1v) is 8.29. The molecule has 0 saturated heterocycles. The maximum atomic E-state index is 12.7. The van der Waals surface area contributed by atoms with Crippen molar-refractivity contribution in [1.29, 1.82) is 0 Å². The largest absolute Gasteiger partial charge is 0.497 e. The molecular formula is C20H24N2O3. The molecule has 0 radical (unpaired) electrons.